The zero-order chi connectivity index (χ0) is 23.3. The van der Waals surface area contributed by atoms with Gasteiger partial charge in [-0.2, -0.15) is 0 Å². The predicted octanol–water partition coefficient (Wildman–Crippen LogP) is 4.38. The van der Waals surface area contributed by atoms with Crippen molar-refractivity contribution in [3.63, 3.8) is 0 Å². The molecule has 0 bridgehead atoms. The van der Waals surface area contributed by atoms with Crippen LogP contribution in [-0.2, 0) is 14.8 Å². The van der Waals surface area contributed by atoms with Crippen molar-refractivity contribution in [2.75, 3.05) is 18.0 Å². The normalized spacial score (nSPS) is 12.1. The first kappa shape index (κ1) is 23.3. The molecule has 1 N–H and O–H groups in total. The Morgan fingerprint density at radius 3 is 1.97 bits per heavy atom. The Morgan fingerprint density at radius 1 is 0.906 bits per heavy atom. The quantitative estimate of drug-likeness (QED) is 0.550. The van der Waals surface area contributed by atoms with Crippen LogP contribution in [0, 0.1) is 13.8 Å². The number of aryl methyl sites for hydroxylation is 2. The molecular weight excluding hydrogens is 424 g/mol. The molecule has 0 saturated heterocycles. The number of hydrogen-bond donors (Lipinski definition) is 1. The van der Waals surface area contributed by atoms with Crippen molar-refractivity contribution in [1.29, 1.82) is 0 Å². The standard InChI is InChI=1S/C25H28N2O4S/c1-18-5-11-22(12-6-18)27(32(29,30)24-15-7-19(2)8-16-24)17-25(28)26-20(3)21-9-13-23(31-4)14-10-21/h5-16,20H,17H2,1-4H3,(H,26,28)/t20-/m0/s1. The lowest BCUT2D eigenvalue weighted by molar-refractivity contribution is -0.120. The number of amides is 1. The van der Waals surface area contributed by atoms with Crippen LogP contribution in [0.15, 0.2) is 77.7 Å². The van der Waals surface area contributed by atoms with E-state index in [0.29, 0.717) is 5.69 Å². The summed E-state index contributed by atoms with van der Waals surface area (Å²) in [5.74, 6) is 0.326. The molecule has 0 spiro atoms. The fourth-order valence-corrected chi connectivity index (χ4v) is 4.68. The first-order chi connectivity index (χ1) is 15.2. The van der Waals surface area contributed by atoms with Gasteiger partial charge in [0.2, 0.25) is 5.91 Å². The van der Waals surface area contributed by atoms with E-state index in [1.807, 2.05) is 57.2 Å². The largest absolute Gasteiger partial charge is 0.497 e. The van der Waals surface area contributed by atoms with Gasteiger partial charge < -0.3 is 10.1 Å². The second-order valence-corrected chi connectivity index (χ2v) is 9.58. The van der Waals surface area contributed by atoms with Crippen molar-refractivity contribution < 1.29 is 17.9 Å². The Kier molecular flexibility index (Phi) is 7.20. The molecule has 0 fully saturated rings. The van der Waals surface area contributed by atoms with Crippen LogP contribution in [-0.4, -0.2) is 28.0 Å². The Hall–Kier alpha value is -3.32. The molecule has 7 heteroatoms. The van der Waals surface area contributed by atoms with Crippen LogP contribution in [0.25, 0.3) is 0 Å². The third-order valence-electron chi connectivity index (χ3n) is 5.21. The number of methoxy groups -OCH3 is 1. The first-order valence-electron chi connectivity index (χ1n) is 10.3. The van der Waals surface area contributed by atoms with E-state index in [1.54, 1.807) is 43.5 Å². The fourth-order valence-electron chi connectivity index (χ4n) is 3.26. The maximum atomic E-state index is 13.4. The molecule has 0 heterocycles. The maximum Gasteiger partial charge on any atom is 0.264 e. The van der Waals surface area contributed by atoms with Gasteiger partial charge in [-0.15, -0.1) is 0 Å². The molecule has 0 aliphatic heterocycles. The number of sulfonamides is 1. The predicted molar refractivity (Wildman–Crippen MR) is 126 cm³/mol. The molecule has 3 rings (SSSR count). The third kappa shape index (κ3) is 5.48. The van der Waals surface area contributed by atoms with Gasteiger partial charge in [0, 0.05) is 0 Å². The summed E-state index contributed by atoms with van der Waals surface area (Å²) in [5, 5.41) is 2.89. The number of ether oxygens (including phenoxy) is 1. The highest BCUT2D eigenvalue weighted by atomic mass is 32.2. The van der Waals surface area contributed by atoms with Crippen LogP contribution in [0.4, 0.5) is 5.69 Å². The van der Waals surface area contributed by atoms with E-state index in [2.05, 4.69) is 5.32 Å². The molecule has 0 saturated carbocycles. The average molecular weight is 453 g/mol. The lowest BCUT2D eigenvalue weighted by Gasteiger charge is -2.25. The van der Waals surface area contributed by atoms with Gasteiger partial charge in [-0.3, -0.25) is 9.10 Å². The van der Waals surface area contributed by atoms with Crippen molar-refractivity contribution in [2.45, 2.75) is 31.7 Å². The van der Waals surface area contributed by atoms with Gasteiger partial charge in [-0.25, -0.2) is 8.42 Å². The topological polar surface area (TPSA) is 75.7 Å². The van der Waals surface area contributed by atoms with Crippen molar-refractivity contribution in [1.82, 2.24) is 5.32 Å². The molecule has 3 aromatic carbocycles. The van der Waals surface area contributed by atoms with Gasteiger partial charge in [0.05, 0.1) is 23.7 Å². The van der Waals surface area contributed by atoms with Crippen LogP contribution < -0.4 is 14.4 Å². The van der Waals surface area contributed by atoms with E-state index >= 15 is 0 Å². The molecule has 0 aliphatic rings. The van der Waals surface area contributed by atoms with Gasteiger partial charge in [0.15, 0.2) is 0 Å². The molecular formula is C25H28N2O4S. The molecule has 0 radical (unpaired) electrons. The molecule has 6 nitrogen and oxygen atoms in total. The second-order valence-electron chi connectivity index (χ2n) is 7.72. The van der Waals surface area contributed by atoms with Gasteiger partial charge >= 0.3 is 0 Å². The van der Waals surface area contributed by atoms with Crippen LogP contribution >= 0.6 is 0 Å². The number of rotatable bonds is 8. The smallest absolute Gasteiger partial charge is 0.264 e. The molecule has 0 unspecified atom stereocenters. The van der Waals surface area contributed by atoms with E-state index in [9.17, 15) is 13.2 Å². The molecule has 168 valence electrons. The van der Waals surface area contributed by atoms with Gasteiger partial charge in [0.1, 0.15) is 12.3 Å². The summed E-state index contributed by atoms with van der Waals surface area (Å²) in [7, 11) is -2.34. The van der Waals surface area contributed by atoms with Gasteiger partial charge in [-0.05, 0) is 62.7 Å². The molecule has 1 amide bonds. The summed E-state index contributed by atoms with van der Waals surface area (Å²) in [6.07, 6.45) is 0. The molecule has 32 heavy (non-hydrogen) atoms. The minimum absolute atomic E-state index is 0.139. The SMILES string of the molecule is COc1ccc([C@H](C)NC(=O)CN(c2ccc(C)cc2)S(=O)(=O)c2ccc(C)cc2)cc1. The summed E-state index contributed by atoms with van der Waals surface area (Å²) in [6.45, 7) is 5.33. The number of anilines is 1. The van der Waals surface area contributed by atoms with Crippen molar-refractivity contribution in [2.24, 2.45) is 0 Å². The third-order valence-corrected chi connectivity index (χ3v) is 7.00. The number of carbonyl (C=O) groups is 1. The summed E-state index contributed by atoms with van der Waals surface area (Å²) in [5.41, 5.74) is 3.28. The highest BCUT2D eigenvalue weighted by molar-refractivity contribution is 7.92. The van der Waals surface area contributed by atoms with E-state index in [0.717, 1.165) is 26.7 Å². The molecule has 1 atom stereocenters. The highest BCUT2D eigenvalue weighted by Crippen LogP contribution is 2.25. The van der Waals surface area contributed by atoms with Crippen LogP contribution in [0.3, 0.4) is 0 Å². The number of carbonyl (C=O) groups excluding carboxylic acids is 1. The average Bonchev–Trinajstić information content (AvgIpc) is 2.78. The van der Waals surface area contributed by atoms with Gasteiger partial charge in [-0.1, -0.05) is 47.5 Å². The number of nitrogens with zero attached hydrogens (tertiary/aromatic N) is 1. The van der Waals surface area contributed by atoms with Crippen LogP contribution in [0.5, 0.6) is 5.75 Å². The van der Waals surface area contributed by atoms with Gasteiger partial charge in [0.25, 0.3) is 10.0 Å². The number of benzene rings is 3. The Balaban J connectivity index is 1.85. The first-order valence-corrected chi connectivity index (χ1v) is 11.7. The number of nitrogens with one attached hydrogen (secondary N) is 1. The molecule has 0 aliphatic carbocycles. The molecule has 3 aromatic rings. The lowest BCUT2D eigenvalue weighted by atomic mass is 10.1. The fraction of sp³-hybridized carbons (Fsp3) is 0.240. The van der Waals surface area contributed by atoms with Crippen molar-refractivity contribution in [3.05, 3.63) is 89.5 Å². The zero-order valence-electron chi connectivity index (χ0n) is 18.7. The highest BCUT2D eigenvalue weighted by Gasteiger charge is 2.27. The number of hydrogen-bond acceptors (Lipinski definition) is 4. The maximum absolute atomic E-state index is 13.4. The van der Waals surface area contributed by atoms with Crippen molar-refractivity contribution in [3.8, 4) is 5.75 Å². The minimum atomic E-state index is -3.93. The van der Waals surface area contributed by atoms with Crippen molar-refractivity contribution >= 4 is 21.6 Å². The summed E-state index contributed by atoms with van der Waals surface area (Å²) < 4.78 is 33.2. The Morgan fingerprint density at radius 2 is 1.44 bits per heavy atom. The summed E-state index contributed by atoms with van der Waals surface area (Å²) >= 11 is 0. The summed E-state index contributed by atoms with van der Waals surface area (Å²) in [6, 6.07) is 20.7. The summed E-state index contributed by atoms with van der Waals surface area (Å²) in [4.78, 5) is 13.0. The van der Waals surface area contributed by atoms with E-state index in [1.165, 1.54) is 0 Å². The van der Waals surface area contributed by atoms with E-state index in [-0.39, 0.29) is 17.5 Å². The van der Waals surface area contributed by atoms with Crippen LogP contribution in [0.1, 0.15) is 29.7 Å². The Bertz CT molecular complexity index is 1160. The second kappa shape index (κ2) is 9.87. The lowest BCUT2D eigenvalue weighted by Crippen LogP contribution is -2.41. The Labute approximate surface area is 189 Å². The molecule has 0 aromatic heterocycles. The monoisotopic (exact) mass is 452 g/mol. The zero-order valence-corrected chi connectivity index (χ0v) is 19.5. The van der Waals surface area contributed by atoms with E-state index in [4.69, 9.17) is 4.74 Å². The van der Waals surface area contributed by atoms with E-state index < -0.39 is 15.9 Å². The van der Waals surface area contributed by atoms with Crippen LogP contribution in [0.2, 0.25) is 0 Å². The minimum Gasteiger partial charge on any atom is -0.497 e.